The molecule has 0 saturated carbocycles. The van der Waals surface area contributed by atoms with E-state index in [1.165, 1.54) is 11.1 Å². The Hall–Kier alpha value is -3.12. The molecule has 0 bridgehead atoms. The number of H-pyrrole nitrogens is 1. The maximum Gasteiger partial charge on any atom is 0.259 e. The summed E-state index contributed by atoms with van der Waals surface area (Å²) in [6.45, 7) is 1.02. The molecule has 5 nitrogen and oxygen atoms in total. The van der Waals surface area contributed by atoms with Crippen molar-refractivity contribution in [1.82, 2.24) is 14.9 Å². The van der Waals surface area contributed by atoms with Crippen LogP contribution in [0.1, 0.15) is 23.1 Å². The summed E-state index contributed by atoms with van der Waals surface area (Å²) in [5.74, 6) is -0.687. The molecule has 142 valence electrons. The number of nitrogens with zero attached hydrogens (tertiary/aromatic N) is 1. The molecule has 6 rings (SSSR count). The summed E-state index contributed by atoms with van der Waals surface area (Å²) < 4.78 is 3.19. The molecule has 0 spiro atoms. The summed E-state index contributed by atoms with van der Waals surface area (Å²) >= 11 is 3.50. The Labute approximate surface area is 174 Å². The second-order valence-corrected chi connectivity index (χ2v) is 8.53. The lowest BCUT2D eigenvalue weighted by Crippen LogP contribution is -2.22. The topological polar surface area (TPSA) is 66.9 Å². The van der Waals surface area contributed by atoms with Crippen LogP contribution in [0, 0.1) is 0 Å². The van der Waals surface area contributed by atoms with E-state index < -0.39 is 0 Å². The van der Waals surface area contributed by atoms with Gasteiger partial charge < -0.3 is 9.55 Å². The first kappa shape index (κ1) is 16.8. The molecule has 0 atom stereocenters. The fourth-order valence-corrected chi connectivity index (χ4v) is 5.05. The maximum atomic E-state index is 12.8. The minimum Gasteiger partial charge on any atom is -0.361 e. The van der Waals surface area contributed by atoms with Crippen LogP contribution in [-0.4, -0.2) is 21.4 Å². The molecule has 2 aromatic carbocycles. The van der Waals surface area contributed by atoms with Crippen molar-refractivity contribution >= 4 is 60.7 Å². The van der Waals surface area contributed by atoms with E-state index in [0.717, 1.165) is 51.3 Å². The number of imide groups is 1. The number of carbonyl (C=O) groups is 2. The largest absolute Gasteiger partial charge is 0.361 e. The Morgan fingerprint density at radius 1 is 1.00 bits per heavy atom. The van der Waals surface area contributed by atoms with Gasteiger partial charge in [-0.15, -0.1) is 0 Å². The lowest BCUT2D eigenvalue weighted by molar-refractivity contribution is -0.122. The number of halogens is 1. The average Bonchev–Trinajstić information content (AvgIpc) is 3.38. The van der Waals surface area contributed by atoms with Crippen LogP contribution in [0.2, 0.25) is 0 Å². The van der Waals surface area contributed by atoms with Gasteiger partial charge in [-0.25, -0.2) is 0 Å². The number of hydrogen-bond acceptors (Lipinski definition) is 2. The number of benzene rings is 2. The summed E-state index contributed by atoms with van der Waals surface area (Å²) in [7, 11) is 0. The molecule has 2 N–H and O–H groups in total. The minimum atomic E-state index is -0.350. The summed E-state index contributed by atoms with van der Waals surface area (Å²) in [5, 5.41) is 4.52. The van der Waals surface area contributed by atoms with Crippen molar-refractivity contribution in [3.8, 4) is 0 Å². The lowest BCUT2D eigenvalue weighted by atomic mass is 9.92. The standard InChI is InChI=1S/C23H16BrN3O2/c24-15-3-4-18-16(10-15)17(11-25-18)20-19(22(28)26-23(20)29)14-8-12-2-1-6-27-7-5-13(9-14)21(12)27/h3-5,7-11,25H,1-2,6H2,(H,26,28,29). The molecular weight excluding hydrogens is 430 g/mol. The van der Waals surface area contributed by atoms with Crippen molar-refractivity contribution < 1.29 is 9.59 Å². The summed E-state index contributed by atoms with van der Waals surface area (Å²) in [4.78, 5) is 28.9. The molecule has 0 fully saturated rings. The number of aromatic nitrogens is 2. The summed E-state index contributed by atoms with van der Waals surface area (Å²) in [6, 6.07) is 12.1. The number of aromatic amines is 1. The van der Waals surface area contributed by atoms with Gasteiger partial charge in [0.15, 0.2) is 0 Å². The van der Waals surface area contributed by atoms with Gasteiger partial charge in [-0.3, -0.25) is 14.9 Å². The van der Waals surface area contributed by atoms with Crippen molar-refractivity contribution in [1.29, 1.82) is 0 Å². The van der Waals surface area contributed by atoms with Crippen LogP contribution in [0.4, 0.5) is 0 Å². The molecule has 0 aliphatic carbocycles. The van der Waals surface area contributed by atoms with Gasteiger partial charge >= 0.3 is 0 Å². The summed E-state index contributed by atoms with van der Waals surface area (Å²) in [6.07, 6.45) is 5.97. The van der Waals surface area contributed by atoms with Gasteiger partial charge in [0.25, 0.3) is 11.8 Å². The van der Waals surface area contributed by atoms with Crippen LogP contribution < -0.4 is 5.32 Å². The highest BCUT2D eigenvalue weighted by atomic mass is 79.9. The maximum absolute atomic E-state index is 12.8. The van der Waals surface area contributed by atoms with Crippen molar-refractivity contribution in [3.63, 3.8) is 0 Å². The molecule has 4 heterocycles. The SMILES string of the molecule is O=C1NC(=O)C(c2c[nH]c3ccc(Br)cc23)=C1c1cc2c3c(ccn3CCC2)c1. The van der Waals surface area contributed by atoms with Crippen molar-refractivity contribution in [3.05, 3.63) is 70.0 Å². The Morgan fingerprint density at radius 2 is 1.86 bits per heavy atom. The Bertz CT molecular complexity index is 1410. The Kier molecular flexibility index (Phi) is 3.44. The zero-order chi connectivity index (χ0) is 19.7. The number of fused-ring (bicyclic) bond motifs is 1. The van der Waals surface area contributed by atoms with Crippen LogP contribution in [0.3, 0.4) is 0 Å². The number of rotatable bonds is 2. The molecule has 0 unspecified atom stereocenters. The molecule has 2 amide bonds. The highest BCUT2D eigenvalue weighted by Gasteiger charge is 2.34. The van der Waals surface area contributed by atoms with E-state index in [-0.39, 0.29) is 11.8 Å². The average molecular weight is 446 g/mol. The third-order valence-electron chi connectivity index (χ3n) is 5.92. The van der Waals surface area contributed by atoms with Crippen LogP contribution in [0.5, 0.6) is 0 Å². The smallest absolute Gasteiger partial charge is 0.259 e. The second-order valence-electron chi connectivity index (χ2n) is 7.61. The van der Waals surface area contributed by atoms with Gasteiger partial charge in [-0.1, -0.05) is 15.9 Å². The normalized spacial score (nSPS) is 16.3. The third-order valence-corrected chi connectivity index (χ3v) is 6.41. The summed E-state index contributed by atoms with van der Waals surface area (Å²) in [5.41, 5.74) is 5.82. The number of hydrogen-bond donors (Lipinski definition) is 2. The number of amides is 2. The molecule has 2 aliphatic heterocycles. The highest BCUT2D eigenvalue weighted by Crippen LogP contribution is 2.38. The predicted octanol–water partition coefficient (Wildman–Crippen LogP) is 4.40. The van der Waals surface area contributed by atoms with Crippen LogP contribution in [-0.2, 0) is 22.6 Å². The first-order chi connectivity index (χ1) is 14.1. The first-order valence-corrected chi connectivity index (χ1v) is 10.4. The van der Waals surface area contributed by atoms with Gasteiger partial charge in [0.1, 0.15) is 0 Å². The van der Waals surface area contributed by atoms with Gasteiger partial charge in [-0.05, 0) is 60.4 Å². The first-order valence-electron chi connectivity index (χ1n) is 9.59. The van der Waals surface area contributed by atoms with Crippen molar-refractivity contribution in [2.24, 2.45) is 0 Å². The van der Waals surface area contributed by atoms with E-state index in [2.05, 4.69) is 49.1 Å². The van der Waals surface area contributed by atoms with Crippen LogP contribution >= 0.6 is 15.9 Å². The fourth-order valence-electron chi connectivity index (χ4n) is 4.69. The van der Waals surface area contributed by atoms with Crippen LogP contribution in [0.25, 0.3) is 33.0 Å². The predicted molar refractivity (Wildman–Crippen MR) is 116 cm³/mol. The molecule has 29 heavy (non-hydrogen) atoms. The highest BCUT2D eigenvalue weighted by molar-refractivity contribution is 9.10. The van der Waals surface area contributed by atoms with E-state index in [9.17, 15) is 9.59 Å². The zero-order valence-electron chi connectivity index (χ0n) is 15.4. The van der Waals surface area contributed by atoms with Gasteiger partial charge in [0.2, 0.25) is 0 Å². The fraction of sp³-hybridized carbons (Fsp3) is 0.130. The van der Waals surface area contributed by atoms with Gasteiger partial charge in [0.05, 0.1) is 16.7 Å². The van der Waals surface area contributed by atoms with Crippen LogP contribution in [0.15, 0.2) is 53.3 Å². The molecular formula is C23H16BrN3O2. The van der Waals surface area contributed by atoms with Gasteiger partial charge in [0, 0.05) is 45.3 Å². The molecule has 6 heteroatoms. The number of aryl methyl sites for hydroxylation is 2. The van der Waals surface area contributed by atoms with E-state index >= 15 is 0 Å². The van der Waals surface area contributed by atoms with Crippen molar-refractivity contribution in [2.45, 2.75) is 19.4 Å². The Balaban J connectivity index is 1.64. The number of carbonyl (C=O) groups excluding carboxylic acids is 2. The molecule has 2 aromatic heterocycles. The monoisotopic (exact) mass is 445 g/mol. The molecule has 2 aliphatic rings. The zero-order valence-corrected chi connectivity index (χ0v) is 17.0. The Morgan fingerprint density at radius 3 is 2.76 bits per heavy atom. The number of nitrogens with one attached hydrogen (secondary N) is 2. The minimum absolute atomic E-state index is 0.337. The van der Waals surface area contributed by atoms with Gasteiger partial charge in [-0.2, -0.15) is 0 Å². The lowest BCUT2D eigenvalue weighted by Gasteiger charge is -2.17. The molecule has 0 radical (unpaired) electrons. The van der Waals surface area contributed by atoms with Crippen molar-refractivity contribution in [2.75, 3.05) is 0 Å². The van der Waals surface area contributed by atoms with E-state index in [1.54, 1.807) is 0 Å². The van der Waals surface area contributed by atoms with E-state index in [1.807, 2.05) is 30.5 Å². The second kappa shape index (κ2) is 5.94. The third kappa shape index (κ3) is 2.39. The molecule has 0 saturated heterocycles. The quantitative estimate of drug-likeness (QED) is 0.449. The van der Waals surface area contributed by atoms with E-state index in [0.29, 0.717) is 11.1 Å². The van der Waals surface area contributed by atoms with E-state index in [4.69, 9.17) is 0 Å². The molecule has 4 aromatic rings.